The highest BCUT2D eigenvalue weighted by atomic mass is 32.2. The highest BCUT2D eigenvalue weighted by molar-refractivity contribution is 8.01. The van der Waals surface area contributed by atoms with Gasteiger partial charge in [0, 0.05) is 17.7 Å². The van der Waals surface area contributed by atoms with E-state index in [1.807, 2.05) is 0 Å². The van der Waals surface area contributed by atoms with Gasteiger partial charge in [-0.1, -0.05) is 6.92 Å². The van der Waals surface area contributed by atoms with E-state index < -0.39 is 0 Å². The molecule has 0 N–H and O–H groups in total. The summed E-state index contributed by atoms with van der Waals surface area (Å²) < 4.78 is 6.05. The van der Waals surface area contributed by atoms with Crippen LogP contribution >= 0.6 is 11.8 Å². The average Bonchev–Trinajstić information content (AvgIpc) is 2.49. The van der Waals surface area contributed by atoms with Crippen molar-refractivity contribution in [3.8, 4) is 0 Å². The lowest BCUT2D eigenvalue weighted by Crippen LogP contribution is -2.57. The summed E-state index contributed by atoms with van der Waals surface area (Å²) >= 11 is 2.09. The Balaban J connectivity index is 1.83. The molecule has 4 aliphatic rings. The standard InChI is InChI=1S/C10H17NOS/c1-8-6-12-10(13-8)7-11-4-2-9(10)3-5-11/h8-9H,2-7H2,1H3/t8-,10?/m1/s1. The lowest BCUT2D eigenvalue weighted by Gasteiger charge is -2.50. The smallest absolute Gasteiger partial charge is 0.129 e. The van der Waals surface area contributed by atoms with Crippen molar-refractivity contribution in [2.24, 2.45) is 5.92 Å². The normalized spacial score (nSPS) is 54.7. The topological polar surface area (TPSA) is 12.5 Å². The molecule has 2 nitrogen and oxygen atoms in total. The molecule has 4 heterocycles. The molecule has 3 heteroatoms. The fraction of sp³-hybridized carbons (Fsp3) is 1.00. The van der Waals surface area contributed by atoms with Crippen LogP contribution in [-0.2, 0) is 4.74 Å². The van der Waals surface area contributed by atoms with Crippen LogP contribution in [0, 0.1) is 5.92 Å². The Morgan fingerprint density at radius 1 is 1.38 bits per heavy atom. The molecule has 74 valence electrons. The minimum Gasteiger partial charge on any atom is -0.362 e. The van der Waals surface area contributed by atoms with Gasteiger partial charge in [-0.15, -0.1) is 11.8 Å². The van der Waals surface area contributed by atoms with Gasteiger partial charge in [0.1, 0.15) is 4.93 Å². The maximum atomic E-state index is 6.05. The summed E-state index contributed by atoms with van der Waals surface area (Å²) in [5.41, 5.74) is 0. The van der Waals surface area contributed by atoms with Gasteiger partial charge in [0.2, 0.25) is 0 Å². The number of thioether (sulfide) groups is 1. The summed E-state index contributed by atoms with van der Waals surface area (Å²) in [7, 11) is 0. The third-order valence-corrected chi connectivity index (χ3v) is 5.13. The lowest BCUT2D eigenvalue weighted by atomic mass is 9.85. The van der Waals surface area contributed by atoms with Crippen LogP contribution in [0.5, 0.6) is 0 Å². The van der Waals surface area contributed by atoms with Gasteiger partial charge in [0.05, 0.1) is 6.61 Å². The van der Waals surface area contributed by atoms with Gasteiger partial charge >= 0.3 is 0 Å². The molecular weight excluding hydrogens is 182 g/mol. The molecule has 0 aromatic carbocycles. The Labute approximate surface area is 84.0 Å². The number of hydrogen-bond acceptors (Lipinski definition) is 3. The van der Waals surface area contributed by atoms with Crippen molar-refractivity contribution in [3.05, 3.63) is 0 Å². The number of nitrogens with zero attached hydrogens (tertiary/aromatic N) is 1. The Hall–Kier alpha value is 0.270. The Morgan fingerprint density at radius 3 is 2.62 bits per heavy atom. The SMILES string of the molecule is C[C@@H]1COC2(CN3CCC2CC3)S1. The molecule has 2 atom stereocenters. The fourth-order valence-corrected chi connectivity index (χ4v) is 4.57. The van der Waals surface area contributed by atoms with E-state index >= 15 is 0 Å². The number of piperidine rings is 3. The van der Waals surface area contributed by atoms with Crippen LogP contribution in [0.15, 0.2) is 0 Å². The first-order chi connectivity index (χ1) is 6.28. The molecule has 13 heavy (non-hydrogen) atoms. The second kappa shape index (κ2) is 2.88. The Bertz CT molecular complexity index is 215. The van der Waals surface area contributed by atoms with Gasteiger partial charge in [0.15, 0.2) is 0 Å². The van der Waals surface area contributed by atoms with Gasteiger partial charge in [-0.05, 0) is 25.9 Å². The van der Waals surface area contributed by atoms with Crippen LogP contribution in [0.25, 0.3) is 0 Å². The van der Waals surface area contributed by atoms with E-state index in [1.54, 1.807) is 0 Å². The second-order valence-electron chi connectivity index (χ2n) is 4.60. The molecule has 0 radical (unpaired) electrons. The van der Waals surface area contributed by atoms with Crippen molar-refractivity contribution in [2.45, 2.75) is 29.9 Å². The van der Waals surface area contributed by atoms with Crippen molar-refractivity contribution in [1.29, 1.82) is 0 Å². The highest BCUT2D eigenvalue weighted by Gasteiger charge is 2.51. The fourth-order valence-electron chi connectivity index (χ4n) is 2.94. The summed E-state index contributed by atoms with van der Waals surface area (Å²) in [5, 5.41) is 0.709. The molecule has 4 aliphatic heterocycles. The number of fused-ring (bicyclic) bond motifs is 2. The van der Waals surface area contributed by atoms with Crippen LogP contribution in [0.2, 0.25) is 0 Å². The number of rotatable bonds is 0. The predicted octanol–water partition coefficient (Wildman–Crippen LogP) is 1.56. The van der Waals surface area contributed by atoms with E-state index in [9.17, 15) is 0 Å². The van der Waals surface area contributed by atoms with Gasteiger partial charge in [0.25, 0.3) is 0 Å². The number of ether oxygens (including phenoxy) is 1. The number of hydrogen-bond donors (Lipinski definition) is 0. The predicted molar refractivity (Wildman–Crippen MR) is 54.9 cm³/mol. The summed E-state index contributed by atoms with van der Waals surface area (Å²) in [6, 6.07) is 0. The molecule has 1 unspecified atom stereocenters. The molecule has 0 amide bonds. The van der Waals surface area contributed by atoms with Gasteiger partial charge < -0.3 is 4.74 Å². The Morgan fingerprint density at radius 2 is 2.15 bits per heavy atom. The summed E-state index contributed by atoms with van der Waals surface area (Å²) in [4.78, 5) is 2.78. The van der Waals surface area contributed by atoms with E-state index in [2.05, 4.69) is 23.6 Å². The molecule has 0 saturated carbocycles. The third kappa shape index (κ3) is 1.24. The highest BCUT2D eigenvalue weighted by Crippen LogP contribution is 2.50. The van der Waals surface area contributed by atoms with Gasteiger partial charge in [-0.25, -0.2) is 0 Å². The monoisotopic (exact) mass is 199 g/mol. The zero-order chi connectivity index (χ0) is 8.89. The molecule has 0 aromatic rings. The molecule has 4 rings (SSSR count). The summed E-state index contributed by atoms with van der Waals surface area (Å²) in [6.07, 6.45) is 2.72. The van der Waals surface area contributed by atoms with Crippen LogP contribution in [0.1, 0.15) is 19.8 Å². The molecule has 1 spiro atoms. The quantitative estimate of drug-likeness (QED) is 0.587. The minimum atomic E-state index is 0.204. The lowest BCUT2D eigenvalue weighted by molar-refractivity contribution is -0.0812. The van der Waals surface area contributed by atoms with Gasteiger partial charge in [-0.3, -0.25) is 4.90 Å². The van der Waals surface area contributed by atoms with E-state index in [4.69, 9.17) is 4.74 Å². The molecule has 4 fully saturated rings. The molecule has 0 aliphatic carbocycles. The minimum absolute atomic E-state index is 0.204. The summed E-state index contributed by atoms with van der Waals surface area (Å²) in [6.45, 7) is 7.06. The molecule has 0 aromatic heterocycles. The summed E-state index contributed by atoms with van der Waals surface area (Å²) in [5.74, 6) is 0.840. The van der Waals surface area contributed by atoms with E-state index in [0.29, 0.717) is 5.25 Å². The van der Waals surface area contributed by atoms with Crippen molar-refractivity contribution in [1.82, 2.24) is 4.90 Å². The Kier molecular flexibility index (Phi) is 1.90. The first-order valence-electron chi connectivity index (χ1n) is 5.33. The second-order valence-corrected chi connectivity index (χ2v) is 6.33. The first kappa shape index (κ1) is 8.57. The zero-order valence-electron chi connectivity index (χ0n) is 8.16. The molecule has 4 saturated heterocycles. The van der Waals surface area contributed by atoms with Crippen molar-refractivity contribution >= 4 is 11.8 Å². The molecule has 2 bridgehead atoms. The van der Waals surface area contributed by atoms with Crippen LogP contribution < -0.4 is 0 Å². The van der Waals surface area contributed by atoms with Crippen LogP contribution in [-0.4, -0.2) is 41.3 Å². The molecular formula is C10H17NOS. The largest absolute Gasteiger partial charge is 0.362 e. The zero-order valence-corrected chi connectivity index (χ0v) is 8.98. The van der Waals surface area contributed by atoms with E-state index in [0.717, 1.165) is 12.5 Å². The van der Waals surface area contributed by atoms with Crippen LogP contribution in [0.4, 0.5) is 0 Å². The average molecular weight is 199 g/mol. The van der Waals surface area contributed by atoms with Crippen molar-refractivity contribution in [3.63, 3.8) is 0 Å². The van der Waals surface area contributed by atoms with Crippen molar-refractivity contribution < 1.29 is 4.74 Å². The van der Waals surface area contributed by atoms with Crippen LogP contribution in [0.3, 0.4) is 0 Å². The van der Waals surface area contributed by atoms with Gasteiger partial charge in [-0.2, -0.15) is 0 Å². The third-order valence-electron chi connectivity index (χ3n) is 3.62. The first-order valence-corrected chi connectivity index (χ1v) is 6.21. The van der Waals surface area contributed by atoms with Crippen molar-refractivity contribution in [2.75, 3.05) is 26.2 Å². The maximum absolute atomic E-state index is 6.05. The maximum Gasteiger partial charge on any atom is 0.129 e. The van der Waals surface area contributed by atoms with E-state index in [-0.39, 0.29) is 4.93 Å². The van der Waals surface area contributed by atoms with E-state index in [1.165, 1.54) is 32.5 Å².